The molecule has 3 nitrogen and oxygen atoms in total. The molecule has 88 valence electrons. The summed E-state index contributed by atoms with van der Waals surface area (Å²) in [4.78, 5) is 12.4. The van der Waals surface area contributed by atoms with E-state index in [0.29, 0.717) is 21.3 Å². The first-order chi connectivity index (χ1) is 8.08. The lowest BCUT2D eigenvalue weighted by Crippen LogP contribution is -2.11. The van der Waals surface area contributed by atoms with Crippen LogP contribution in [0.1, 0.15) is 9.67 Å². The van der Waals surface area contributed by atoms with Gasteiger partial charge in [0, 0.05) is 10.2 Å². The van der Waals surface area contributed by atoms with Gasteiger partial charge in [0.2, 0.25) is 0 Å². The Morgan fingerprint density at radius 2 is 2.18 bits per heavy atom. The number of halogens is 2. The molecule has 0 aliphatic heterocycles. The van der Waals surface area contributed by atoms with Crippen LogP contribution in [0, 0.1) is 0 Å². The van der Waals surface area contributed by atoms with E-state index in [1.807, 2.05) is 0 Å². The molecule has 1 aromatic heterocycles. The molecule has 2 aromatic rings. The molecule has 2 rings (SSSR count). The molecule has 1 amide bonds. The Hall–Kier alpha value is -1.04. The van der Waals surface area contributed by atoms with E-state index >= 15 is 0 Å². The molecule has 0 saturated carbocycles. The maximum atomic E-state index is 11.9. The smallest absolute Gasteiger partial charge is 0.267 e. The van der Waals surface area contributed by atoms with E-state index in [0.717, 1.165) is 4.47 Å². The summed E-state index contributed by atoms with van der Waals surface area (Å²) >= 11 is 10.5. The Kier molecular flexibility index (Phi) is 3.71. The van der Waals surface area contributed by atoms with E-state index in [1.54, 1.807) is 29.6 Å². The summed E-state index contributed by atoms with van der Waals surface area (Å²) < 4.78 is 0.735. The van der Waals surface area contributed by atoms with Crippen molar-refractivity contribution in [1.82, 2.24) is 0 Å². The third-order valence-corrected chi connectivity index (χ3v) is 4.06. The number of anilines is 2. The van der Waals surface area contributed by atoms with Crippen molar-refractivity contribution in [2.75, 3.05) is 11.1 Å². The molecule has 0 bridgehead atoms. The van der Waals surface area contributed by atoms with Gasteiger partial charge in [-0.3, -0.25) is 4.79 Å². The van der Waals surface area contributed by atoms with E-state index in [9.17, 15) is 4.79 Å². The minimum absolute atomic E-state index is 0.226. The van der Waals surface area contributed by atoms with Crippen LogP contribution in [0.4, 0.5) is 11.4 Å². The number of amides is 1. The van der Waals surface area contributed by atoms with E-state index in [2.05, 4.69) is 21.2 Å². The molecular formula is C11H8BrClN2OS. The highest BCUT2D eigenvalue weighted by Gasteiger charge is 2.13. The number of rotatable bonds is 2. The Morgan fingerprint density at radius 3 is 2.76 bits per heavy atom. The number of nitrogens with one attached hydrogen (secondary N) is 1. The highest BCUT2D eigenvalue weighted by Crippen LogP contribution is 2.27. The van der Waals surface area contributed by atoms with Gasteiger partial charge in [-0.05, 0) is 45.6 Å². The van der Waals surface area contributed by atoms with Gasteiger partial charge in [0.25, 0.3) is 5.91 Å². The monoisotopic (exact) mass is 330 g/mol. The van der Waals surface area contributed by atoms with Crippen molar-refractivity contribution in [3.05, 3.63) is 44.0 Å². The molecule has 3 N–H and O–H groups in total. The second kappa shape index (κ2) is 5.08. The van der Waals surface area contributed by atoms with Crippen LogP contribution in [0.5, 0.6) is 0 Å². The van der Waals surface area contributed by atoms with E-state index in [1.165, 1.54) is 11.3 Å². The van der Waals surface area contributed by atoms with Crippen molar-refractivity contribution < 1.29 is 4.79 Å². The van der Waals surface area contributed by atoms with E-state index < -0.39 is 0 Å². The molecule has 0 atom stereocenters. The number of carbonyl (C=O) groups excluding carboxylic acids is 1. The van der Waals surface area contributed by atoms with Gasteiger partial charge in [0.1, 0.15) is 4.88 Å². The zero-order chi connectivity index (χ0) is 12.4. The summed E-state index contributed by atoms with van der Waals surface area (Å²) in [5, 5.41) is 5.00. The first-order valence-corrected chi connectivity index (χ1v) is 6.72. The van der Waals surface area contributed by atoms with Crippen LogP contribution < -0.4 is 11.1 Å². The molecule has 6 heteroatoms. The van der Waals surface area contributed by atoms with Gasteiger partial charge in [-0.15, -0.1) is 11.3 Å². The molecule has 0 aliphatic rings. The Bertz CT molecular complexity index is 570. The number of nitrogen functional groups attached to an aromatic ring is 1. The largest absolute Gasteiger partial charge is 0.399 e. The highest BCUT2D eigenvalue weighted by molar-refractivity contribution is 9.10. The first kappa shape index (κ1) is 12.4. The van der Waals surface area contributed by atoms with Crippen LogP contribution in [0.2, 0.25) is 5.02 Å². The lowest BCUT2D eigenvalue weighted by Gasteiger charge is -2.07. The average molecular weight is 332 g/mol. The van der Waals surface area contributed by atoms with Crippen LogP contribution in [0.3, 0.4) is 0 Å². The topological polar surface area (TPSA) is 55.1 Å². The van der Waals surface area contributed by atoms with Gasteiger partial charge in [-0.1, -0.05) is 11.6 Å². The SMILES string of the molecule is Nc1ccc(NC(=O)c2sccc2Cl)c(Br)c1. The molecule has 0 unspecified atom stereocenters. The quantitative estimate of drug-likeness (QED) is 0.817. The molecular weight excluding hydrogens is 324 g/mol. The normalized spacial score (nSPS) is 10.2. The van der Waals surface area contributed by atoms with Crippen molar-refractivity contribution in [2.24, 2.45) is 0 Å². The summed E-state index contributed by atoms with van der Waals surface area (Å²) in [6.45, 7) is 0. The number of nitrogens with two attached hydrogens (primary N) is 1. The van der Waals surface area contributed by atoms with Gasteiger partial charge in [0.15, 0.2) is 0 Å². The van der Waals surface area contributed by atoms with Crippen LogP contribution in [0.15, 0.2) is 34.1 Å². The molecule has 0 saturated heterocycles. The molecule has 0 radical (unpaired) electrons. The zero-order valence-electron chi connectivity index (χ0n) is 8.54. The molecule has 0 fully saturated rings. The summed E-state index contributed by atoms with van der Waals surface area (Å²) in [6.07, 6.45) is 0. The number of thiophene rings is 1. The maximum absolute atomic E-state index is 11.9. The fourth-order valence-corrected chi connectivity index (χ4v) is 2.80. The number of benzene rings is 1. The second-order valence-electron chi connectivity index (χ2n) is 3.29. The Balaban J connectivity index is 2.22. The van der Waals surface area contributed by atoms with Gasteiger partial charge in [-0.2, -0.15) is 0 Å². The molecule has 17 heavy (non-hydrogen) atoms. The van der Waals surface area contributed by atoms with Crippen molar-refractivity contribution in [3.63, 3.8) is 0 Å². The Labute approximate surface area is 116 Å². The number of carbonyl (C=O) groups is 1. The summed E-state index contributed by atoms with van der Waals surface area (Å²) in [6, 6.07) is 6.88. The fourth-order valence-electron chi connectivity index (χ4n) is 1.27. The van der Waals surface area contributed by atoms with Crippen molar-refractivity contribution in [1.29, 1.82) is 0 Å². The van der Waals surface area contributed by atoms with E-state index in [4.69, 9.17) is 17.3 Å². The number of hydrogen-bond acceptors (Lipinski definition) is 3. The fraction of sp³-hybridized carbons (Fsp3) is 0. The summed E-state index contributed by atoms with van der Waals surface area (Å²) in [7, 11) is 0. The molecule has 1 heterocycles. The molecule has 0 aliphatic carbocycles. The second-order valence-corrected chi connectivity index (χ2v) is 5.47. The standard InChI is InChI=1S/C11H8BrClN2OS/c12-7-5-6(14)1-2-9(7)15-11(16)10-8(13)3-4-17-10/h1-5H,14H2,(H,15,16). The third-order valence-electron chi connectivity index (χ3n) is 2.06. The maximum Gasteiger partial charge on any atom is 0.267 e. The molecule has 1 aromatic carbocycles. The highest BCUT2D eigenvalue weighted by atomic mass is 79.9. The van der Waals surface area contributed by atoms with Crippen molar-refractivity contribution in [3.8, 4) is 0 Å². The predicted octanol–water partition coefficient (Wildman–Crippen LogP) is 4.00. The van der Waals surface area contributed by atoms with E-state index in [-0.39, 0.29) is 5.91 Å². The van der Waals surface area contributed by atoms with Crippen LogP contribution in [-0.4, -0.2) is 5.91 Å². The summed E-state index contributed by atoms with van der Waals surface area (Å²) in [5.74, 6) is -0.226. The average Bonchev–Trinajstić information content (AvgIpc) is 2.68. The van der Waals surface area contributed by atoms with Crippen LogP contribution in [0.25, 0.3) is 0 Å². The lowest BCUT2D eigenvalue weighted by molar-refractivity contribution is 0.103. The number of hydrogen-bond donors (Lipinski definition) is 2. The minimum Gasteiger partial charge on any atom is -0.399 e. The minimum atomic E-state index is -0.226. The van der Waals surface area contributed by atoms with Crippen molar-refractivity contribution >= 4 is 56.1 Å². The van der Waals surface area contributed by atoms with Crippen molar-refractivity contribution in [2.45, 2.75) is 0 Å². The zero-order valence-corrected chi connectivity index (χ0v) is 11.7. The Morgan fingerprint density at radius 1 is 1.41 bits per heavy atom. The van der Waals surface area contributed by atoms with Gasteiger partial charge in [-0.25, -0.2) is 0 Å². The van der Waals surface area contributed by atoms with Gasteiger partial charge >= 0.3 is 0 Å². The predicted molar refractivity (Wildman–Crippen MR) is 75.8 cm³/mol. The lowest BCUT2D eigenvalue weighted by atomic mass is 10.3. The van der Waals surface area contributed by atoms with Gasteiger partial charge in [0.05, 0.1) is 10.7 Å². The van der Waals surface area contributed by atoms with Gasteiger partial charge < -0.3 is 11.1 Å². The van der Waals surface area contributed by atoms with Crippen LogP contribution >= 0.6 is 38.9 Å². The summed E-state index contributed by atoms with van der Waals surface area (Å²) in [5.41, 5.74) is 6.90. The third kappa shape index (κ3) is 2.80. The molecule has 0 spiro atoms. The van der Waals surface area contributed by atoms with Crippen LogP contribution in [-0.2, 0) is 0 Å². The first-order valence-electron chi connectivity index (χ1n) is 4.67.